The van der Waals surface area contributed by atoms with Crippen molar-refractivity contribution in [3.05, 3.63) is 29.3 Å². The molecule has 19 heavy (non-hydrogen) atoms. The zero-order chi connectivity index (χ0) is 14.0. The highest BCUT2D eigenvalue weighted by Gasteiger charge is 2.30. The SMILES string of the molecule is Cc1ccc(C(=O)O)cc1S(=O)(=O)C1CCOCC1. The van der Waals surface area contributed by atoms with E-state index < -0.39 is 21.1 Å². The molecule has 1 N–H and O–H groups in total. The quantitative estimate of drug-likeness (QED) is 0.912. The van der Waals surface area contributed by atoms with E-state index in [-0.39, 0.29) is 10.5 Å². The molecule has 0 bridgehead atoms. The Morgan fingerprint density at radius 1 is 1.32 bits per heavy atom. The maximum Gasteiger partial charge on any atom is 0.335 e. The summed E-state index contributed by atoms with van der Waals surface area (Å²) in [6.07, 6.45) is 0.915. The Kier molecular flexibility index (Phi) is 3.91. The van der Waals surface area contributed by atoms with Crippen LogP contribution in [0.25, 0.3) is 0 Å². The van der Waals surface area contributed by atoms with Crippen LogP contribution in [0, 0.1) is 6.92 Å². The fourth-order valence-electron chi connectivity index (χ4n) is 2.21. The minimum absolute atomic E-state index is 0.00349. The molecular weight excluding hydrogens is 268 g/mol. The molecule has 0 atom stereocenters. The number of sulfone groups is 1. The van der Waals surface area contributed by atoms with Crippen LogP contribution in [-0.4, -0.2) is 38.0 Å². The summed E-state index contributed by atoms with van der Waals surface area (Å²) in [5.41, 5.74) is 0.577. The van der Waals surface area contributed by atoms with Crippen molar-refractivity contribution in [2.45, 2.75) is 29.9 Å². The van der Waals surface area contributed by atoms with E-state index in [9.17, 15) is 13.2 Å². The van der Waals surface area contributed by atoms with Gasteiger partial charge in [-0.25, -0.2) is 13.2 Å². The van der Waals surface area contributed by atoms with Gasteiger partial charge in [-0.15, -0.1) is 0 Å². The Morgan fingerprint density at radius 3 is 2.53 bits per heavy atom. The molecule has 0 saturated carbocycles. The third-order valence-electron chi connectivity index (χ3n) is 3.35. The van der Waals surface area contributed by atoms with Gasteiger partial charge in [0.05, 0.1) is 15.7 Å². The monoisotopic (exact) mass is 284 g/mol. The Hall–Kier alpha value is -1.40. The highest BCUT2D eigenvalue weighted by Crippen LogP contribution is 2.26. The van der Waals surface area contributed by atoms with E-state index in [1.165, 1.54) is 18.2 Å². The van der Waals surface area contributed by atoms with Gasteiger partial charge in [-0.1, -0.05) is 6.07 Å². The van der Waals surface area contributed by atoms with Crippen LogP contribution in [-0.2, 0) is 14.6 Å². The summed E-state index contributed by atoms with van der Waals surface area (Å²) < 4.78 is 30.2. The fourth-order valence-corrected chi connectivity index (χ4v) is 4.19. The normalized spacial score (nSPS) is 17.3. The van der Waals surface area contributed by atoms with E-state index in [2.05, 4.69) is 0 Å². The molecule has 0 radical (unpaired) electrons. The van der Waals surface area contributed by atoms with Crippen LogP contribution in [0.1, 0.15) is 28.8 Å². The van der Waals surface area contributed by atoms with Gasteiger partial charge in [-0.05, 0) is 37.5 Å². The number of ether oxygens (including phenoxy) is 1. The lowest BCUT2D eigenvalue weighted by Gasteiger charge is -2.23. The van der Waals surface area contributed by atoms with E-state index in [0.717, 1.165) is 0 Å². The average Bonchev–Trinajstić information content (AvgIpc) is 2.39. The summed E-state index contributed by atoms with van der Waals surface area (Å²) in [5.74, 6) is -1.12. The lowest BCUT2D eigenvalue weighted by molar-refractivity contribution is 0.0696. The maximum absolute atomic E-state index is 12.5. The summed E-state index contributed by atoms with van der Waals surface area (Å²) in [7, 11) is -3.49. The first-order chi connectivity index (χ1) is 8.93. The van der Waals surface area contributed by atoms with E-state index in [4.69, 9.17) is 9.84 Å². The number of carboxylic acid groups (broad SMARTS) is 1. The minimum atomic E-state index is -3.49. The Balaban J connectivity index is 2.44. The molecule has 104 valence electrons. The third-order valence-corrected chi connectivity index (χ3v) is 5.75. The van der Waals surface area contributed by atoms with Crippen molar-refractivity contribution < 1.29 is 23.1 Å². The molecule has 0 amide bonds. The zero-order valence-corrected chi connectivity index (χ0v) is 11.4. The second kappa shape index (κ2) is 5.30. The Bertz CT molecular complexity index is 585. The molecule has 1 aromatic carbocycles. The molecule has 6 heteroatoms. The standard InChI is InChI=1S/C13H16O5S/c1-9-2-3-10(13(14)15)8-12(9)19(16,17)11-4-6-18-7-5-11/h2-3,8,11H,4-7H2,1H3,(H,14,15). The number of carboxylic acids is 1. The van der Waals surface area contributed by atoms with Crippen LogP contribution < -0.4 is 0 Å². The second-order valence-electron chi connectivity index (χ2n) is 4.64. The summed E-state index contributed by atoms with van der Waals surface area (Å²) in [6, 6.07) is 4.21. The Morgan fingerprint density at radius 2 is 1.95 bits per heavy atom. The van der Waals surface area contributed by atoms with Gasteiger partial charge in [0.2, 0.25) is 0 Å². The first kappa shape index (κ1) is 14.0. The van der Waals surface area contributed by atoms with Gasteiger partial charge in [0, 0.05) is 13.2 Å². The van der Waals surface area contributed by atoms with Gasteiger partial charge < -0.3 is 9.84 Å². The first-order valence-corrected chi connectivity index (χ1v) is 7.63. The summed E-state index contributed by atoms with van der Waals surface area (Å²) in [5, 5.41) is 8.48. The molecule has 5 nitrogen and oxygen atoms in total. The van der Waals surface area contributed by atoms with Crippen LogP contribution in [0.4, 0.5) is 0 Å². The zero-order valence-electron chi connectivity index (χ0n) is 10.6. The molecule has 0 spiro atoms. The lowest BCUT2D eigenvalue weighted by Crippen LogP contribution is -2.29. The molecule has 0 aliphatic carbocycles. The molecular formula is C13H16O5S. The van der Waals surface area contributed by atoms with Crippen molar-refractivity contribution in [2.75, 3.05) is 13.2 Å². The predicted molar refractivity (Wildman–Crippen MR) is 69.2 cm³/mol. The summed E-state index contributed by atoms with van der Waals surface area (Å²) >= 11 is 0. The van der Waals surface area contributed by atoms with Gasteiger partial charge in [-0.3, -0.25) is 0 Å². The molecule has 1 fully saturated rings. The molecule has 1 aliphatic heterocycles. The number of benzene rings is 1. The van der Waals surface area contributed by atoms with Gasteiger partial charge in [-0.2, -0.15) is 0 Å². The van der Waals surface area contributed by atoms with Crippen LogP contribution in [0.2, 0.25) is 0 Å². The van der Waals surface area contributed by atoms with Crippen molar-refractivity contribution in [1.29, 1.82) is 0 Å². The van der Waals surface area contributed by atoms with Gasteiger partial charge >= 0.3 is 5.97 Å². The summed E-state index contributed by atoms with van der Waals surface area (Å²) in [6.45, 7) is 2.54. The summed E-state index contributed by atoms with van der Waals surface area (Å²) in [4.78, 5) is 11.1. The van der Waals surface area contributed by atoms with E-state index in [1.54, 1.807) is 6.92 Å². The molecule has 1 aromatic rings. The fraction of sp³-hybridized carbons (Fsp3) is 0.462. The average molecular weight is 284 g/mol. The number of aryl methyl sites for hydroxylation is 1. The molecule has 0 aromatic heterocycles. The van der Waals surface area contributed by atoms with E-state index in [1.807, 2.05) is 0 Å². The molecule has 1 heterocycles. The molecule has 0 unspecified atom stereocenters. The number of rotatable bonds is 3. The van der Waals surface area contributed by atoms with Gasteiger partial charge in [0.25, 0.3) is 0 Å². The number of hydrogen-bond donors (Lipinski definition) is 1. The first-order valence-electron chi connectivity index (χ1n) is 6.08. The largest absolute Gasteiger partial charge is 0.478 e. The number of aromatic carboxylic acids is 1. The topological polar surface area (TPSA) is 80.7 Å². The van der Waals surface area contributed by atoms with E-state index >= 15 is 0 Å². The third kappa shape index (κ3) is 2.79. The van der Waals surface area contributed by atoms with Gasteiger partial charge in [0.15, 0.2) is 9.84 Å². The van der Waals surface area contributed by atoms with Crippen LogP contribution in [0.5, 0.6) is 0 Å². The molecule has 1 aliphatic rings. The predicted octanol–water partition coefficient (Wildman–Crippen LogP) is 1.65. The smallest absolute Gasteiger partial charge is 0.335 e. The Labute approximate surface area is 112 Å². The van der Waals surface area contributed by atoms with Crippen molar-refractivity contribution in [2.24, 2.45) is 0 Å². The lowest BCUT2D eigenvalue weighted by atomic mass is 10.1. The van der Waals surface area contributed by atoms with Crippen LogP contribution >= 0.6 is 0 Å². The van der Waals surface area contributed by atoms with Crippen molar-refractivity contribution in [1.82, 2.24) is 0 Å². The number of hydrogen-bond acceptors (Lipinski definition) is 4. The molecule has 1 saturated heterocycles. The van der Waals surface area contributed by atoms with Gasteiger partial charge in [0.1, 0.15) is 0 Å². The van der Waals surface area contributed by atoms with E-state index in [0.29, 0.717) is 31.6 Å². The number of carbonyl (C=O) groups is 1. The highest BCUT2D eigenvalue weighted by molar-refractivity contribution is 7.92. The van der Waals surface area contributed by atoms with Crippen molar-refractivity contribution in [3.63, 3.8) is 0 Å². The van der Waals surface area contributed by atoms with Crippen LogP contribution in [0.3, 0.4) is 0 Å². The van der Waals surface area contributed by atoms with Crippen molar-refractivity contribution >= 4 is 15.8 Å². The second-order valence-corrected chi connectivity index (χ2v) is 6.84. The van der Waals surface area contributed by atoms with Crippen LogP contribution in [0.15, 0.2) is 23.1 Å². The molecule has 2 rings (SSSR count). The van der Waals surface area contributed by atoms with Crippen molar-refractivity contribution in [3.8, 4) is 0 Å². The highest BCUT2D eigenvalue weighted by atomic mass is 32.2. The minimum Gasteiger partial charge on any atom is -0.478 e. The maximum atomic E-state index is 12.5.